The van der Waals surface area contributed by atoms with Crippen LogP contribution in [0.4, 0.5) is 5.69 Å². The highest BCUT2D eigenvalue weighted by atomic mass is 35.5. The number of nitrogens with zero attached hydrogens (tertiary/aromatic N) is 1. The molecule has 2 heterocycles. The maximum absolute atomic E-state index is 12.0. The van der Waals surface area contributed by atoms with E-state index in [2.05, 4.69) is 15.5 Å². The molecule has 0 aliphatic carbocycles. The van der Waals surface area contributed by atoms with Crippen LogP contribution in [0.3, 0.4) is 0 Å². The number of H-pyrrole nitrogens is 1. The van der Waals surface area contributed by atoms with Gasteiger partial charge in [0.2, 0.25) is 5.78 Å². The number of rotatable bonds is 2. The van der Waals surface area contributed by atoms with E-state index in [0.29, 0.717) is 11.3 Å². The summed E-state index contributed by atoms with van der Waals surface area (Å²) in [6, 6.07) is 6.93. The largest absolute Gasteiger partial charge is 0.364 e. The van der Waals surface area contributed by atoms with Crippen LogP contribution in [-0.2, 0) is 0 Å². The van der Waals surface area contributed by atoms with Gasteiger partial charge in [-0.05, 0) is 24.3 Å². The summed E-state index contributed by atoms with van der Waals surface area (Å²) in [5.74, 6) is -0.104. The predicted molar refractivity (Wildman–Crippen MR) is 71.2 cm³/mol. The first-order valence-electron chi connectivity index (χ1n) is 5.03. The molecule has 3 rings (SSSR count). The Hall–Kier alpha value is -1.50. The maximum Gasteiger partial charge on any atom is 0.210 e. The summed E-state index contributed by atoms with van der Waals surface area (Å²) in [5.41, 5.74) is 1.25. The fourth-order valence-electron chi connectivity index (χ4n) is 1.70. The molecule has 1 aliphatic heterocycles. The fraction of sp³-hybridized carbons (Fsp3) is 0.0909. The molecule has 0 saturated carbocycles. The molecular weight excluding hydrogens is 274 g/mol. The lowest BCUT2D eigenvalue weighted by Gasteiger charge is -2.01. The Labute approximate surface area is 113 Å². The van der Waals surface area contributed by atoms with Gasteiger partial charge in [0.25, 0.3) is 0 Å². The van der Waals surface area contributed by atoms with Crippen molar-refractivity contribution in [2.45, 2.75) is 10.5 Å². The van der Waals surface area contributed by atoms with E-state index >= 15 is 0 Å². The third-order valence-corrected chi connectivity index (χ3v) is 3.44. The second kappa shape index (κ2) is 5.01. The molecule has 0 spiro atoms. The molecule has 1 atom stereocenters. The summed E-state index contributed by atoms with van der Waals surface area (Å²) < 4.78 is 0. The van der Waals surface area contributed by atoms with Gasteiger partial charge in [0.05, 0.1) is 5.69 Å². The highest BCUT2D eigenvalue weighted by molar-refractivity contribution is 8.00. The minimum Gasteiger partial charge on any atom is -0.364 e. The first kappa shape index (κ1) is 12.9. The Morgan fingerprint density at radius 3 is 2.94 bits per heavy atom. The summed E-state index contributed by atoms with van der Waals surface area (Å²) in [6.07, 6.45) is 1.54. The van der Waals surface area contributed by atoms with Crippen molar-refractivity contribution in [2.24, 2.45) is 0 Å². The molecule has 7 heteroatoms. The van der Waals surface area contributed by atoms with Gasteiger partial charge in [-0.3, -0.25) is 9.89 Å². The van der Waals surface area contributed by atoms with E-state index in [1.165, 1.54) is 11.8 Å². The number of aromatic amines is 1. The van der Waals surface area contributed by atoms with Gasteiger partial charge in [-0.15, -0.1) is 12.4 Å². The van der Waals surface area contributed by atoms with E-state index in [-0.39, 0.29) is 18.2 Å². The van der Waals surface area contributed by atoms with E-state index in [9.17, 15) is 9.90 Å². The van der Waals surface area contributed by atoms with E-state index in [0.717, 1.165) is 10.6 Å². The molecule has 0 radical (unpaired) electrons. The highest BCUT2D eigenvalue weighted by Crippen LogP contribution is 2.37. The second-order valence-corrected chi connectivity index (χ2v) is 4.75. The molecular formula is C11H10ClN3O2S. The molecule has 2 aromatic rings. The number of aromatic nitrogens is 2. The SMILES string of the molecule is Cl.O=C(c1ccc2c(c1)SC(O)N2)c1ccn[nH]1. The number of aliphatic hydroxyl groups is 1. The Balaban J connectivity index is 0.00000120. The lowest BCUT2D eigenvalue weighted by molar-refractivity contribution is 0.103. The van der Waals surface area contributed by atoms with Crippen molar-refractivity contribution in [3.63, 3.8) is 0 Å². The van der Waals surface area contributed by atoms with Crippen LogP contribution < -0.4 is 5.32 Å². The molecule has 0 bridgehead atoms. The molecule has 3 N–H and O–H groups in total. The van der Waals surface area contributed by atoms with Crippen molar-refractivity contribution < 1.29 is 9.90 Å². The van der Waals surface area contributed by atoms with Crippen LogP contribution in [0.1, 0.15) is 16.1 Å². The number of aliphatic hydroxyl groups excluding tert-OH is 1. The van der Waals surface area contributed by atoms with Crippen LogP contribution in [0, 0.1) is 0 Å². The zero-order valence-corrected chi connectivity index (χ0v) is 10.7. The molecule has 1 aromatic carbocycles. The van der Waals surface area contributed by atoms with Crippen molar-refractivity contribution in [3.8, 4) is 0 Å². The topological polar surface area (TPSA) is 78.0 Å². The lowest BCUT2D eigenvalue weighted by Crippen LogP contribution is -2.06. The van der Waals surface area contributed by atoms with Gasteiger partial charge in [0.1, 0.15) is 5.69 Å². The third-order valence-electron chi connectivity index (χ3n) is 2.51. The van der Waals surface area contributed by atoms with Crippen LogP contribution in [0.15, 0.2) is 35.4 Å². The average molecular weight is 284 g/mol. The van der Waals surface area contributed by atoms with Gasteiger partial charge in [-0.2, -0.15) is 5.10 Å². The lowest BCUT2D eigenvalue weighted by atomic mass is 10.1. The molecule has 94 valence electrons. The number of carbonyl (C=O) groups excluding carboxylic acids is 1. The van der Waals surface area contributed by atoms with Crippen molar-refractivity contribution in [2.75, 3.05) is 5.32 Å². The van der Waals surface area contributed by atoms with Gasteiger partial charge < -0.3 is 10.4 Å². The number of ketones is 1. The number of hydrogen-bond donors (Lipinski definition) is 3. The second-order valence-electron chi connectivity index (χ2n) is 3.62. The molecule has 1 aliphatic rings. The minimum absolute atomic E-state index is 0. The van der Waals surface area contributed by atoms with Gasteiger partial charge in [0.15, 0.2) is 5.56 Å². The number of benzene rings is 1. The number of fused-ring (bicyclic) bond motifs is 1. The van der Waals surface area contributed by atoms with Crippen molar-refractivity contribution in [1.29, 1.82) is 0 Å². The quantitative estimate of drug-likeness (QED) is 0.733. The summed E-state index contributed by atoms with van der Waals surface area (Å²) in [7, 11) is 0. The summed E-state index contributed by atoms with van der Waals surface area (Å²) in [4.78, 5) is 12.9. The van der Waals surface area contributed by atoms with Crippen LogP contribution in [0.5, 0.6) is 0 Å². The predicted octanol–water partition coefficient (Wildman–Crippen LogP) is 1.86. The van der Waals surface area contributed by atoms with Crippen LogP contribution in [0.25, 0.3) is 0 Å². The summed E-state index contributed by atoms with van der Waals surface area (Å²) >= 11 is 1.29. The number of thioether (sulfide) groups is 1. The van der Waals surface area contributed by atoms with E-state index in [1.54, 1.807) is 30.5 Å². The molecule has 18 heavy (non-hydrogen) atoms. The zero-order chi connectivity index (χ0) is 11.8. The highest BCUT2D eigenvalue weighted by Gasteiger charge is 2.21. The summed E-state index contributed by atoms with van der Waals surface area (Å²) in [5, 5.41) is 18.7. The smallest absolute Gasteiger partial charge is 0.210 e. The average Bonchev–Trinajstić information content (AvgIpc) is 2.94. The number of anilines is 1. The van der Waals surface area contributed by atoms with Crippen LogP contribution in [-0.4, -0.2) is 26.6 Å². The van der Waals surface area contributed by atoms with Crippen LogP contribution >= 0.6 is 24.2 Å². The van der Waals surface area contributed by atoms with E-state index in [4.69, 9.17) is 0 Å². The molecule has 0 amide bonds. The van der Waals surface area contributed by atoms with Crippen LogP contribution in [0.2, 0.25) is 0 Å². The number of carbonyl (C=O) groups is 1. The number of hydrogen-bond acceptors (Lipinski definition) is 5. The van der Waals surface area contributed by atoms with E-state index in [1.807, 2.05) is 0 Å². The first-order valence-corrected chi connectivity index (χ1v) is 5.91. The molecule has 0 fully saturated rings. The molecule has 0 saturated heterocycles. The Kier molecular flexibility index (Phi) is 3.60. The normalized spacial score (nSPS) is 16.6. The van der Waals surface area contributed by atoms with Gasteiger partial charge >= 0.3 is 0 Å². The third kappa shape index (κ3) is 2.22. The Morgan fingerprint density at radius 2 is 2.22 bits per heavy atom. The zero-order valence-electron chi connectivity index (χ0n) is 9.08. The van der Waals surface area contributed by atoms with Crippen molar-refractivity contribution in [1.82, 2.24) is 10.2 Å². The molecule has 5 nitrogen and oxygen atoms in total. The van der Waals surface area contributed by atoms with Crippen molar-refractivity contribution in [3.05, 3.63) is 41.7 Å². The standard InChI is InChI=1S/C11H9N3O2S.ClH/c15-10(8-3-4-12-14-8)6-1-2-7-9(5-6)17-11(16)13-7;/h1-5,11,13,16H,(H,12,14);1H. The van der Waals surface area contributed by atoms with Crippen molar-refractivity contribution >= 4 is 35.6 Å². The summed E-state index contributed by atoms with van der Waals surface area (Å²) in [6.45, 7) is 0. The maximum atomic E-state index is 12.0. The fourth-order valence-corrected chi connectivity index (χ4v) is 2.58. The minimum atomic E-state index is -0.637. The number of nitrogens with one attached hydrogen (secondary N) is 2. The first-order chi connectivity index (χ1) is 8.24. The molecule has 1 unspecified atom stereocenters. The Bertz CT molecular complexity index is 574. The van der Waals surface area contributed by atoms with Gasteiger partial charge in [0, 0.05) is 16.7 Å². The van der Waals surface area contributed by atoms with Gasteiger partial charge in [-0.1, -0.05) is 11.8 Å². The Morgan fingerprint density at radius 1 is 1.39 bits per heavy atom. The molecule has 1 aromatic heterocycles. The number of halogens is 1. The van der Waals surface area contributed by atoms with Gasteiger partial charge in [-0.25, -0.2) is 0 Å². The monoisotopic (exact) mass is 283 g/mol. The van der Waals surface area contributed by atoms with E-state index < -0.39 is 5.56 Å².